The zero-order chi connectivity index (χ0) is 34.2. The Balaban J connectivity index is 1.10. The van der Waals surface area contributed by atoms with Gasteiger partial charge < -0.3 is 8.98 Å². The van der Waals surface area contributed by atoms with E-state index in [-0.39, 0.29) is 0 Å². The summed E-state index contributed by atoms with van der Waals surface area (Å²) in [5.74, 6) is 0. The Bertz CT molecular complexity index is 3130. The Labute approximate surface area is 305 Å². The zero-order valence-corrected chi connectivity index (χ0v) is 29.7. The maximum absolute atomic E-state index is 6.25. The van der Waals surface area contributed by atoms with Crippen molar-refractivity contribution >= 4 is 94.6 Å². The van der Waals surface area contributed by atoms with E-state index in [1.165, 1.54) is 52.2 Å². The van der Waals surface area contributed by atoms with Crippen molar-refractivity contribution in [2.24, 2.45) is 0 Å². The van der Waals surface area contributed by atoms with E-state index in [1.807, 2.05) is 12.1 Å². The number of furan rings is 1. The molecule has 0 saturated carbocycles. The molecule has 0 unspecified atom stereocenters. The normalized spacial score (nSPS) is 11.8. The Kier molecular flexibility index (Phi) is 6.57. The molecular weight excluding hydrogens is 700 g/mol. The van der Waals surface area contributed by atoms with Crippen molar-refractivity contribution < 1.29 is 4.42 Å². The fourth-order valence-corrected chi connectivity index (χ4v) is 10.2. The van der Waals surface area contributed by atoms with Crippen LogP contribution in [0, 0.1) is 0 Å². The molecule has 4 heteroatoms. The van der Waals surface area contributed by atoms with Gasteiger partial charge in [-0.3, -0.25) is 0 Å². The molecule has 0 fully saturated rings. The van der Waals surface area contributed by atoms with E-state index >= 15 is 0 Å². The van der Waals surface area contributed by atoms with Gasteiger partial charge in [-0.05, 0) is 24.3 Å². The molecular formula is C48H30N2OSe. The van der Waals surface area contributed by atoms with Gasteiger partial charge in [-0.2, -0.15) is 0 Å². The van der Waals surface area contributed by atoms with E-state index in [9.17, 15) is 0 Å². The van der Waals surface area contributed by atoms with Crippen LogP contribution in [0.2, 0.25) is 0 Å². The van der Waals surface area contributed by atoms with Gasteiger partial charge in [-0.25, -0.2) is 0 Å². The molecule has 0 amide bonds. The van der Waals surface area contributed by atoms with E-state index in [2.05, 4.69) is 179 Å². The second kappa shape index (κ2) is 11.6. The van der Waals surface area contributed by atoms with Gasteiger partial charge >= 0.3 is 181 Å². The zero-order valence-electron chi connectivity index (χ0n) is 28.0. The van der Waals surface area contributed by atoms with Gasteiger partial charge in [0.2, 0.25) is 0 Å². The molecule has 3 nitrogen and oxygen atoms in total. The van der Waals surface area contributed by atoms with Crippen molar-refractivity contribution in [3.8, 4) is 16.8 Å². The monoisotopic (exact) mass is 730 g/mol. The van der Waals surface area contributed by atoms with Crippen LogP contribution < -0.4 is 4.90 Å². The molecule has 3 aromatic heterocycles. The molecule has 0 aliphatic heterocycles. The Morgan fingerprint density at radius 1 is 0.385 bits per heavy atom. The van der Waals surface area contributed by atoms with Crippen molar-refractivity contribution in [2.75, 3.05) is 4.90 Å². The quantitative estimate of drug-likeness (QED) is 0.165. The Morgan fingerprint density at radius 3 is 1.90 bits per heavy atom. The summed E-state index contributed by atoms with van der Waals surface area (Å²) in [6.07, 6.45) is 0. The van der Waals surface area contributed by atoms with Crippen molar-refractivity contribution in [3.63, 3.8) is 0 Å². The molecule has 0 aliphatic carbocycles. The first-order valence-corrected chi connectivity index (χ1v) is 19.3. The van der Waals surface area contributed by atoms with Gasteiger partial charge in [0.1, 0.15) is 11.2 Å². The smallest absolute Gasteiger partial charge is 0.0602 e. The Hall–Kier alpha value is -6.32. The molecule has 0 N–H and O–H groups in total. The predicted molar refractivity (Wildman–Crippen MR) is 220 cm³/mol. The van der Waals surface area contributed by atoms with Crippen LogP contribution in [-0.2, 0) is 0 Å². The second-order valence-electron chi connectivity index (χ2n) is 13.4. The first kappa shape index (κ1) is 29.4. The van der Waals surface area contributed by atoms with Gasteiger partial charge in [0.25, 0.3) is 0 Å². The molecule has 11 aromatic rings. The van der Waals surface area contributed by atoms with Crippen LogP contribution in [0.15, 0.2) is 186 Å². The number of benzene rings is 8. The molecule has 0 saturated heterocycles. The number of hydrogen-bond donors (Lipinski definition) is 0. The summed E-state index contributed by atoms with van der Waals surface area (Å²) in [6, 6.07) is 66.0. The topological polar surface area (TPSA) is 21.3 Å². The number of para-hydroxylation sites is 3. The molecule has 11 rings (SSSR count). The molecule has 0 bridgehead atoms. The first-order chi connectivity index (χ1) is 25.8. The summed E-state index contributed by atoms with van der Waals surface area (Å²) < 4.78 is 11.6. The summed E-state index contributed by atoms with van der Waals surface area (Å²) in [4.78, 5) is 2.37. The van der Waals surface area contributed by atoms with Crippen LogP contribution in [0.5, 0.6) is 0 Å². The summed E-state index contributed by atoms with van der Waals surface area (Å²) in [5, 5.41) is 7.46. The van der Waals surface area contributed by atoms with Crippen LogP contribution in [0.3, 0.4) is 0 Å². The third-order valence-electron chi connectivity index (χ3n) is 10.4. The van der Waals surface area contributed by atoms with Crippen LogP contribution in [0.25, 0.3) is 79.9 Å². The van der Waals surface area contributed by atoms with Crippen LogP contribution in [0.4, 0.5) is 17.1 Å². The molecule has 244 valence electrons. The van der Waals surface area contributed by atoms with Crippen LogP contribution in [-0.4, -0.2) is 19.1 Å². The number of fused-ring (bicyclic) bond motifs is 9. The van der Waals surface area contributed by atoms with Gasteiger partial charge in [0.15, 0.2) is 0 Å². The Morgan fingerprint density at radius 2 is 1.02 bits per heavy atom. The minimum atomic E-state index is 0.365. The average molecular weight is 730 g/mol. The number of hydrogen-bond acceptors (Lipinski definition) is 2. The molecule has 0 atom stereocenters. The first-order valence-electron chi connectivity index (χ1n) is 17.6. The van der Waals surface area contributed by atoms with E-state index in [0.29, 0.717) is 14.5 Å². The second-order valence-corrected chi connectivity index (χ2v) is 15.6. The van der Waals surface area contributed by atoms with E-state index in [1.54, 1.807) is 0 Å². The van der Waals surface area contributed by atoms with Crippen LogP contribution >= 0.6 is 0 Å². The van der Waals surface area contributed by atoms with E-state index < -0.39 is 0 Å². The minimum absolute atomic E-state index is 0.365. The predicted octanol–water partition coefficient (Wildman–Crippen LogP) is 13.2. The van der Waals surface area contributed by atoms with Gasteiger partial charge in [-0.15, -0.1) is 0 Å². The third-order valence-corrected chi connectivity index (χ3v) is 12.8. The molecule has 3 heterocycles. The number of anilines is 3. The standard InChI is InChI=1S/C48H30N2OSe/c1-2-10-33(11-3-1)50-43-15-7-4-12-37(43)38-25-23-36(30-44(38)50)49(35-24-26-46-41(29-35)39-13-5-8-16-45(39)51-46)34-21-18-31(19-22-34)32-20-27-48-42(28-32)40-14-6-9-17-47(40)52-48/h1-30H. The summed E-state index contributed by atoms with van der Waals surface area (Å²) in [6.45, 7) is 0. The van der Waals surface area contributed by atoms with Crippen molar-refractivity contribution in [1.82, 2.24) is 4.57 Å². The van der Waals surface area contributed by atoms with E-state index in [4.69, 9.17) is 4.42 Å². The number of aromatic nitrogens is 1. The molecule has 0 spiro atoms. The molecule has 52 heavy (non-hydrogen) atoms. The third kappa shape index (κ3) is 4.59. The molecule has 8 aromatic carbocycles. The summed E-state index contributed by atoms with van der Waals surface area (Å²) in [7, 11) is 0. The number of rotatable bonds is 5. The van der Waals surface area contributed by atoms with Crippen molar-refractivity contribution in [2.45, 2.75) is 0 Å². The van der Waals surface area contributed by atoms with Gasteiger partial charge in [0, 0.05) is 21.8 Å². The SMILES string of the molecule is c1ccc(-n2c3ccccc3c3ccc(N(c4ccc(-c5ccc6[se]c7ccccc7c6c5)cc4)c4ccc5oc6ccccc6c5c4)cc32)cc1. The fourth-order valence-electron chi connectivity index (χ4n) is 7.96. The van der Waals surface area contributed by atoms with Crippen molar-refractivity contribution in [3.05, 3.63) is 182 Å². The van der Waals surface area contributed by atoms with Gasteiger partial charge in [0.05, 0.1) is 5.52 Å². The fraction of sp³-hybridized carbons (Fsp3) is 0. The summed E-state index contributed by atoms with van der Waals surface area (Å²) in [5.41, 5.74) is 11.0. The van der Waals surface area contributed by atoms with E-state index in [0.717, 1.165) is 44.7 Å². The molecule has 0 aliphatic rings. The average Bonchev–Trinajstić information content (AvgIpc) is 3.87. The van der Waals surface area contributed by atoms with Crippen molar-refractivity contribution in [1.29, 1.82) is 0 Å². The van der Waals surface area contributed by atoms with Crippen LogP contribution in [0.1, 0.15) is 0 Å². The summed E-state index contributed by atoms with van der Waals surface area (Å²) >= 11 is 0.365. The maximum atomic E-state index is 6.25. The van der Waals surface area contributed by atoms with Gasteiger partial charge in [-0.1, -0.05) is 54.6 Å². The minimum Gasteiger partial charge on any atom is -0.0602 e. The molecule has 0 radical (unpaired) electrons. The number of nitrogens with zero attached hydrogens (tertiary/aromatic N) is 2.